The van der Waals surface area contributed by atoms with E-state index in [9.17, 15) is 24.0 Å². The molecule has 4 amide bonds. The second kappa shape index (κ2) is 23.1. The fourth-order valence-electron chi connectivity index (χ4n) is 8.67. The molecule has 9 atom stereocenters. The molecule has 0 bridgehead atoms. The van der Waals surface area contributed by atoms with Crippen LogP contribution in [0.5, 0.6) is 0 Å². The standard InChI is InChI=1S/C43H72N6O7/c1-11-30(6)39(47(8)43(54)37(28(2)3)46-42(53)38(29(4)5)48-23-20-44-21-24-48)35(55-9)27-36(51)49-22-15-18-34(49)40(56-10)31(7)41(52)45-33(19-25-50)26-32-16-13-12-14-17-32/h12-14,16-17,25,28-31,33-35,37-40,44H,11,15,18-24,26-27H2,1-10H3,(H,45,52)(H,46,53)/t30-,31+,33+,34-,35?,37-,38-,39-,40+/m0/s1. The predicted octanol–water partition coefficient (Wildman–Crippen LogP) is 3.29. The Bertz CT molecular complexity index is 1390. The third-order valence-electron chi connectivity index (χ3n) is 12.0. The molecule has 3 N–H and O–H groups in total. The topological polar surface area (TPSA) is 150 Å². The van der Waals surface area contributed by atoms with E-state index in [1.165, 1.54) is 0 Å². The molecule has 316 valence electrons. The van der Waals surface area contributed by atoms with Crippen LogP contribution in [0, 0.1) is 23.7 Å². The van der Waals surface area contributed by atoms with Crippen molar-refractivity contribution in [2.45, 2.75) is 129 Å². The van der Waals surface area contributed by atoms with Crippen molar-refractivity contribution in [1.82, 2.24) is 30.7 Å². The average molecular weight is 785 g/mol. The number of likely N-dealkylation sites (tertiary alicyclic amines) is 1. The summed E-state index contributed by atoms with van der Waals surface area (Å²) in [6.45, 7) is 17.6. The first-order chi connectivity index (χ1) is 26.7. The molecule has 0 saturated carbocycles. The second-order valence-electron chi connectivity index (χ2n) is 16.6. The van der Waals surface area contributed by atoms with Gasteiger partial charge >= 0.3 is 0 Å². The molecule has 0 aromatic heterocycles. The smallest absolute Gasteiger partial charge is 0.245 e. The molecule has 0 radical (unpaired) electrons. The number of ether oxygens (including phenoxy) is 2. The molecule has 3 rings (SSSR count). The van der Waals surface area contributed by atoms with Crippen molar-refractivity contribution in [2.75, 3.05) is 54.0 Å². The number of nitrogens with zero attached hydrogens (tertiary/aromatic N) is 3. The Morgan fingerprint density at radius 3 is 2.14 bits per heavy atom. The zero-order valence-corrected chi connectivity index (χ0v) is 35.8. The molecule has 2 aliphatic heterocycles. The van der Waals surface area contributed by atoms with Gasteiger partial charge in [-0.15, -0.1) is 0 Å². The number of carbonyl (C=O) groups is 5. The summed E-state index contributed by atoms with van der Waals surface area (Å²) in [6.07, 6.45) is 2.55. The van der Waals surface area contributed by atoms with Crippen molar-refractivity contribution < 1.29 is 33.4 Å². The number of rotatable bonds is 22. The molecule has 2 aliphatic rings. The Kier molecular flexibility index (Phi) is 19.4. The minimum absolute atomic E-state index is 0.0190. The molecule has 2 fully saturated rings. The maximum absolute atomic E-state index is 14.4. The molecule has 1 aromatic rings. The van der Waals surface area contributed by atoms with Gasteiger partial charge in [-0.2, -0.15) is 0 Å². The monoisotopic (exact) mass is 785 g/mol. The fraction of sp³-hybridized carbons (Fsp3) is 0.744. The van der Waals surface area contributed by atoms with E-state index in [2.05, 4.69) is 34.7 Å². The van der Waals surface area contributed by atoms with Gasteiger partial charge in [-0.1, -0.05) is 85.2 Å². The van der Waals surface area contributed by atoms with Crippen LogP contribution in [0.25, 0.3) is 0 Å². The normalized spacial score (nSPS) is 20.7. The molecule has 13 nitrogen and oxygen atoms in total. The lowest BCUT2D eigenvalue weighted by Gasteiger charge is -2.41. The number of likely N-dealkylation sites (N-methyl/N-ethyl adjacent to an activating group) is 1. The molecular formula is C43H72N6O7. The molecule has 0 aliphatic carbocycles. The minimum atomic E-state index is -0.756. The van der Waals surface area contributed by atoms with Gasteiger partial charge in [-0.3, -0.25) is 24.1 Å². The van der Waals surface area contributed by atoms with Crippen molar-refractivity contribution >= 4 is 29.9 Å². The van der Waals surface area contributed by atoms with Crippen molar-refractivity contribution in [3.8, 4) is 0 Å². The maximum atomic E-state index is 14.4. The number of hydrogen-bond donors (Lipinski definition) is 3. The van der Waals surface area contributed by atoms with E-state index in [4.69, 9.17) is 9.47 Å². The zero-order chi connectivity index (χ0) is 41.5. The summed E-state index contributed by atoms with van der Waals surface area (Å²) in [7, 11) is 4.89. The first-order valence-electron chi connectivity index (χ1n) is 20.8. The van der Waals surface area contributed by atoms with Crippen LogP contribution in [0.3, 0.4) is 0 Å². The van der Waals surface area contributed by atoms with Gasteiger partial charge in [0.2, 0.25) is 23.6 Å². The van der Waals surface area contributed by atoms with E-state index in [0.717, 1.165) is 50.9 Å². The average Bonchev–Trinajstić information content (AvgIpc) is 3.67. The number of aldehydes is 1. The Balaban J connectivity index is 1.76. The van der Waals surface area contributed by atoms with Gasteiger partial charge in [0.1, 0.15) is 12.3 Å². The van der Waals surface area contributed by atoms with Crippen LogP contribution in [-0.2, 0) is 39.9 Å². The highest BCUT2D eigenvalue weighted by Crippen LogP contribution is 2.30. The first kappa shape index (κ1) is 47.0. The number of benzene rings is 1. The third-order valence-corrected chi connectivity index (χ3v) is 12.0. The first-order valence-corrected chi connectivity index (χ1v) is 20.8. The molecule has 1 unspecified atom stereocenters. The van der Waals surface area contributed by atoms with Crippen LogP contribution in [-0.4, -0.2) is 141 Å². The second-order valence-corrected chi connectivity index (χ2v) is 16.6. The van der Waals surface area contributed by atoms with E-state index in [1.807, 2.05) is 62.9 Å². The van der Waals surface area contributed by atoms with E-state index in [-0.39, 0.29) is 72.3 Å². The van der Waals surface area contributed by atoms with Crippen LogP contribution < -0.4 is 16.0 Å². The van der Waals surface area contributed by atoms with Gasteiger partial charge in [-0.05, 0) is 42.6 Å². The van der Waals surface area contributed by atoms with Gasteiger partial charge in [0.15, 0.2) is 0 Å². The van der Waals surface area contributed by atoms with Gasteiger partial charge in [0, 0.05) is 66.5 Å². The maximum Gasteiger partial charge on any atom is 0.245 e. The van der Waals surface area contributed by atoms with Gasteiger partial charge in [-0.25, -0.2) is 0 Å². The molecule has 56 heavy (non-hydrogen) atoms. The minimum Gasteiger partial charge on any atom is -0.379 e. The molecule has 2 heterocycles. The fourth-order valence-corrected chi connectivity index (χ4v) is 8.67. The summed E-state index contributed by atoms with van der Waals surface area (Å²) in [4.78, 5) is 73.4. The Hall–Kier alpha value is -3.39. The van der Waals surface area contributed by atoms with E-state index >= 15 is 0 Å². The van der Waals surface area contributed by atoms with E-state index in [0.29, 0.717) is 19.4 Å². The summed E-state index contributed by atoms with van der Waals surface area (Å²) < 4.78 is 12.0. The lowest BCUT2D eigenvalue weighted by molar-refractivity contribution is -0.148. The van der Waals surface area contributed by atoms with Crippen molar-refractivity contribution in [3.05, 3.63) is 35.9 Å². The van der Waals surface area contributed by atoms with Gasteiger partial charge in [0.05, 0.1) is 42.7 Å². The molecule has 2 saturated heterocycles. The zero-order valence-electron chi connectivity index (χ0n) is 35.8. The molecule has 1 aromatic carbocycles. The highest BCUT2D eigenvalue weighted by molar-refractivity contribution is 5.90. The molecule has 13 heteroatoms. The van der Waals surface area contributed by atoms with Crippen LogP contribution >= 0.6 is 0 Å². The van der Waals surface area contributed by atoms with Crippen molar-refractivity contribution in [3.63, 3.8) is 0 Å². The van der Waals surface area contributed by atoms with Crippen LogP contribution in [0.15, 0.2) is 30.3 Å². The number of methoxy groups -OCH3 is 2. The summed E-state index contributed by atoms with van der Waals surface area (Å²) in [6, 6.07) is 7.47. The van der Waals surface area contributed by atoms with Crippen LogP contribution in [0.1, 0.15) is 86.1 Å². The predicted molar refractivity (Wildman–Crippen MR) is 219 cm³/mol. The van der Waals surface area contributed by atoms with Gasteiger partial charge < -0.3 is 40.0 Å². The lowest BCUT2D eigenvalue weighted by atomic mass is 9.89. The van der Waals surface area contributed by atoms with Crippen molar-refractivity contribution in [1.29, 1.82) is 0 Å². The number of carbonyl (C=O) groups excluding carboxylic acids is 5. The van der Waals surface area contributed by atoms with Crippen LogP contribution in [0.4, 0.5) is 0 Å². The summed E-state index contributed by atoms with van der Waals surface area (Å²) in [5, 5.41) is 9.54. The Labute approximate surface area is 336 Å². The summed E-state index contributed by atoms with van der Waals surface area (Å²) in [5.74, 6) is -1.44. The third kappa shape index (κ3) is 12.6. The summed E-state index contributed by atoms with van der Waals surface area (Å²) >= 11 is 0. The highest BCUT2D eigenvalue weighted by Gasteiger charge is 2.43. The largest absolute Gasteiger partial charge is 0.379 e. The van der Waals surface area contributed by atoms with E-state index < -0.39 is 30.2 Å². The van der Waals surface area contributed by atoms with Crippen LogP contribution in [0.2, 0.25) is 0 Å². The van der Waals surface area contributed by atoms with Crippen molar-refractivity contribution in [2.24, 2.45) is 23.7 Å². The highest BCUT2D eigenvalue weighted by atomic mass is 16.5. The Morgan fingerprint density at radius 2 is 1.59 bits per heavy atom. The SMILES string of the molecule is CC[C@H](C)[C@@H](C(CC(=O)N1CCC[C@H]1[C@H](OC)[C@@H](C)C(=O)N[C@H](CC=O)Cc1ccccc1)OC)N(C)C(=O)[C@@H](NC(=O)[C@H](C(C)C)N1CCNCC1)C(C)C. The molecule has 0 spiro atoms. The number of nitrogens with one attached hydrogen (secondary N) is 3. The lowest BCUT2D eigenvalue weighted by Crippen LogP contribution is -2.61. The Morgan fingerprint density at radius 1 is 0.929 bits per heavy atom. The number of amides is 4. The van der Waals surface area contributed by atoms with E-state index in [1.54, 1.807) is 33.1 Å². The quantitative estimate of drug-likeness (QED) is 0.151. The summed E-state index contributed by atoms with van der Waals surface area (Å²) in [5.41, 5.74) is 1.02. The number of piperazine rings is 1. The van der Waals surface area contributed by atoms with Gasteiger partial charge in [0.25, 0.3) is 0 Å². The number of hydrogen-bond acceptors (Lipinski definition) is 9. The molecular weight excluding hydrogens is 713 g/mol.